The molecule has 0 saturated carbocycles. The number of hydrogen-bond donors (Lipinski definition) is 0. The largest absolute Gasteiger partial charge is 0.493 e. The second-order valence-electron chi connectivity index (χ2n) is 7.53. The number of ether oxygens (including phenoxy) is 2. The number of piperidine rings is 1. The molecule has 0 radical (unpaired) electrons. The Morgan fingerprint density at radius 3 is 2.66 bits per heavy atom. The summed E-state index contributed by atoms with van der Waals surface area (Å²) in [5.41, 5.74) is 3.69. The molecular weight excluding hydrogens is 360 g/mol. The van der Waals surface area contributed by atoms with Crippen LogP contribution in [0.15, 0.2) is 73.1 Å². The number of likely N-dealkylation sites (tertiary alicyclic amines) is 1. The predicted octanol–water partition coefficient (Wildman–Crippen LogP) is 5.40. The van der Waals surface area contributed by atoms with E-state index in [2.05, 4.69) is 40.2 Å². The first kappa shape index (κ1) is 19.5. The second-order valence-corrected chi connectivity index (χ2v) is 7.53. The first-order chi connectivity index (χ1) is 14.3. The minimum atomic E-state index is 0.428. The third-order valence-electron chi connectivity index (χ3n) is 5.53. The minimum Gasteiger partial charge on any atom is -0.493 e. The zero-order chi connectivity index (χ0) is 19.9. The van der Waals surface area contributed by atoms with Crippen molar-refractivity contribution in [1.29, 1.82) is 0 Å². The van der Waals surface area contributed by atoms with Crippen LogP contribution in [0.1, 0.15) is 42.0 Å². The van der Waals surface area contributed by atoms with E-state index in [1.165, 1.54) is 30.4 Å². The molecule has 0 unspecified atom stereocenters. The number of aromatic nitrogens is 1. The monoisotopic (exact) mass is 388 g/mol. The van der Waals surface area contributed by atoms with Crippen LogP contribution in [-0.2, 0) is 13.2 Å². The predicted molar refractivity (Wildman–Crippen MR) is 115 cm³/mol. The van der Waals surface area contributed by atoms with Crippen LogP contribution in [0.4, 0.5) is 0 Å². The van der Waals surface area contributed by atoms with Crippen molar-refractivity contribution in [2.24, 2.45) is 0 Å². The van der Waals surface area contributed by atoms with Crippen molar-refractivity contribution in [3.05, 3.63) is 89.7 Å². The zero-order valence-corrected chi connectivity index (χ0v) is 17.0. The third kappa shape index (κ3) is 4.96. The lowest BCUT2D eigenvalue weighted by atomic mass is 9.95. The van der Waals surface area contributed by atoms with Crippen LogP contribution in [0.3, 0.4) is 0 Å². The first-order valence-electron chi connectivity index (χ1n) is 10.3. The first-order valence-corrected chi connectivity index (χ1v) is 10.3. The summed E-state index contributed by atoms with van der Waals surface area (Å²) >= 11 is 0. The van der Waals surface area contributed by atoms with E-state index >= 15 is 0 Å². The minimum absolute atomic E-state index is 0.428. The molecule has 4 nitrogen and oxygen atoms in total. The van der Waals surface area contributed by atoms with Crippen LogP contribution in [0.2, 0.25) is 0 Å². The van der Waals surface area contributed by atoms with Gasteiger partial charge in [-0.25, -0.2) is 0 Å². The van der Waals surface area contributed by atoms with Crippen molar-refractivity contribution in [2.45, 2.75) is 38.5 Å². The van der Waals surface area contributed by atoms with Gasteiger partial charge in [-0.15, -0.1) is 0 Å². The summed E-state index contributed by atoms with van der Waals surface area (Å²) in [5.74, 6) is 1.57. The topological polar surface area (TPSA) is 34.6 Å². The Hall–Kier alpha value is -2.85. The van der Waals surface area contributed by atoms with E-state index in [0.717, 1.165) is 30.2 Å². The maximum Gasteiger partial charge on any atom is 0.161 e. The molecule has 1 aliphatic rings. The van der Waals surface area contributed by atoms with E-state index in [0.29, 0.717) is 12.6 Å². The van der Waals surface area contributed by atoms with Gasteiger partial charge in [0, 0.05) is 25.0 Å². The fraction of sp³-hybridized carbons (Fsp3) is 0.320. The number of rotatable bonds is 7. The average molecular weight is 389 g/mol. The molecule has 29 heavy (non-hydrogen) atoms. The molecule has 0 amide bonds. The van der Waals surface area contributed by atoms with E-state index in [1.807, 2.05) is 42.7 Å². The lowest BCUT2D eigenvalue weighted by Crippen LogP contribution is -2.33. The molecule has 1 aromatic heterocycles. The lowest BCUT2D eigenvalue weighted by molar-refractivity contribution is 0.140. The third-order valence-corrected chi connectivity index (χ3v) is 5.53. The van der Waals surface area contributed by atoms with Gasteiger partial charge >= 0.3 is 0 Å². The molecule has 4 rings (SSSR count). The van der Waals surface area contributed by atoms with E-state index in [-0.39, 0.29) is 0 Å². The summed E-state index contributed by atoms with van der Waals surface area (Å²) in [6.45, 7) is 2.54. The SMILES string of the molecule is COc1cc(CN2CCCC[C@@H]2c2cccnc2)ccc1OCc1ccccc1. The van der Waals surface area contributed by atoms with Crippen LogP contribution >= 0.6 is 0 Å². The van der Waals surface area contributed by atoms with E-state index in [1.54, 1.807) is 7.11 Å². The maximum atomic E-state index is 6.00. The molecule has 0 spiro atoms. The van der Waals surface area contributed by atoms with Gasteiger partial charge in [0.1, 0.15) is 6.61 Å². The van der Waals surface area contributed by atoms with Gasteiger partial charge < -0.3 is 9.47 Å². The van der Waals surface area contributed by atoms with Crippen molar-refractivity contribution < 1.29 is 9.47 Å². The van der Waals surface area contributed by atoms with E-state index in [4.69, 9.17) is 9.47 Å². The molecule has 3 aromatic rings. The van der Waals surface area contributed by atoms with Crippen molar-refractivity contribution in [3.63, 3.8) is 0 Å². The standard InChI is InChI=1S/C25H28N2O2/c1-28-25-16-21(12-13-24(25)29-19-20-8-3-2-4-9-20)18-27-15-6-5-11-23(27)22-10-7-14-26-17-22/h2-4,7-10,12-14,16-17,23H,5-6,11,15,18-19H2,1H3/t23-/m1/s1. The van der Waals surface area contributed by atoms with Crippen molar-refractivity contribution in [1.82, 2.24) is 9.88 Å². The van der Waals surface area contributed by atoms with Gasteiger partial charge in [-0.05, 0) is 54.3 Å². The van der Waals surface area contributed by atoms with Gasteiger partial charge in [-0.2, -0.15) is 0 Å². The van der Waals surface area contributed by atoms with Gasteiger partial charge in [0.05, 0.1) is 7.11 Å². The molecule has 0 bridgehead atoms. The highest BCUT2D eigenvalue weighted by atomic mass is 16.5. The van der Waals surface area contributed by atoms with Gasteiger partial charge in [0.2, 0.25) is 0 Å². The Morgan fingerprint density at radius 2 is 1.86 bits per heavy atom. The molecule has 0 N–H and O–H groups in total. The normalized spacial score (nSPS) is 17.1. The van der Waals surface area contributed by atoms with Crippen molar-refractivity contribution in [2.75, 3.05) is 13.7 Å². The molecule has 1 aliphatic heterocycles. The summed E-state index contributed by atoms with van der Waals surface area (Å²) in [4.78, 5) is 6.88. The molecule has 1 atom stereocenters. The summed E-state index contributed by atoms with van der Waals surface area (Å²) in [6, 6.07) is 21.1. The number of nitrogens with zero attached hydrogens (tertiary/aromatic N) is 2. The fourth-order valence-electron chi connectivity index (χ4n) is 4.03. The quantitative estimate of drug-likeness (QED) is 0.543. The summed E-state index contributed by atoms with van der Waals surface area (Å²) in [7, 11) is 1.70. The Labute approximate surface area is 173 Å². The molecule has 2 heterocycles. The van der Waals surface area contributed by atoms with Crippen molar-refractivity contribution >= 4 is 0 Å². The van der Waals surface area contributed by atoms with Crippen LogP contribution in [0.25, 0.3) is 0 Å². The van der Waals surface area contributed by atoms with Crippen LogP contribution in [-0.4, -0.2) is 23.5 Å². The number of methoxy groups -OCH3 is 1. The second kappa shape index (κ2) is 9.57. The lowest BCUT2D eigenvalue weighted by Gasteiger charge is -2.36. The van der Waals surface area contributed by atoms with Crippen LogP contribution in [0, 0.1) is 0 Å². The Balaban J connectivity index is 1.46. The summed E-state index contributed by atoms with van der Waals surface area (Å²) in [5, 5.41) is 0. The van der Waals surface area contributed by atoms with E-state index in [9.17, 15) is 0 Å². The zero-order valence-electron chi connectivity index (χ0n) is 17.0. The molecule has 1 saturated heterocycles. The number of pyridine rings is 1. The highest BCUT2D eigenvalue weighted by molar-refractivity contribution is 5.43. The Morgan fingerprint density at radius 1 is 0.966 bits per heavy atom. The Kier molecular flexibility index (Phi) is 6.42. The maximum absolute atomic E-state index is 6.00. The molecule has 1 fully saturated rings. The Bertz CT molecular complexity index is 899. The number of benzene rings is 2. The summed E-state index contributed by atoms with van der Waals surface area (Å²) < 4.78 is 11.6. The van der Waals surface area contributed by atoms with Gasteiger partial charge in [0.25, 0.3) is 0 Å². The van der Waals surface area contributed by atoms with E-state index < -0.39 is 0 Å². The van der Waals surface area contributed by atoms with Crippen LogP contribution in [0.5, 0.6) is 11.5 Å². The molecule has 150 valence electrons. The van der Waals surface area contributed by atoms with Gasteiger partial charge in [-0.1, -0.05) is 48.9 Å². The summed E-state index contributed by atoms with van der Waals surface area (Å²) in [6.07, 6.45) is 7.54. The van der Waals surface area contributed by atoms with Crippen molar-refractivity contribution in [3.8, 4) is 11.5 Å². The van der Waals surface area contributed by atoms with Gasteiger partial charge in [-0.3, -0.25) is 9.88 Å². The molecular formula is C25H28N2O2. The fourth-order valence-corrected chi connectivity index (χ4v) is 4.03. The molecule has 2 aromatic carbocycles. The van der Waals surface area contributed by atoms with Gasteiger partial charge in [0.15, 0.2) is 11.5 Å². The molecule has 4 heteroatoms. The number of hydrogen-bond acceptors (Lipinski definition) is 4. The molecule has 0 aliphatic carbocycles. The average Bonchev–Trinajstić information content (AvgIpc) is 2.80. The smallest absolute Gasteiger partial charge is 0.161 e. The highest BCUT2D eigenvalue weighted by Gasteiger charge is 2.24. The highest BCUT2D eigenvalue weighted by Crippen LogP contribution is 2.34. The van der Waals surface area contributed by atoms with Crippen LogP contribution < -0.4 is 9.47 Å².